The lowest BCUT2D eigenvalue weighted by Gasteiger charge is -2.03. The molecule has 0 saturated carbocycles. The van der Waals surface area contributed by atoms with Crippen molar-refractivity contribution in [3.63, 3.8) is 0 Å². The highest BCUT2D eigenvalue weighted by molar-refractivity contribution is 5.55. The van der Waals surface area contributed by atoms with Gasteiger partial charge in [-0.2, -0.15) is 0 Å². The van der Waals surface area contributed by atoms with Crippen LogP contribution in [0.2, 0.25) is 0 Å². The van der Waals surface area contributed by atoms with E-state index in [9.17, 15) is 0 Å². The van der Waals surface area contributed by atoms with Gasteiger partial charge in [0.05, 0.1) is 0 Å². The number of rotatable bonds is 0. The summed E-state index contributed by atoms with van der Waals surface area (Å²) >= 11 is 0. The van der Waals surface area contributed by atoms with E-state index in [4.69, 9.17) is 0 Å². The Hall–Kier alpha value is -1.26. The van der Waals surface area contributed by atoms with Crippen molar-refractivity contribution in [3.8, 4) is 0 Å². The molecular formula is C10H8. The summed E-state index contributed by atoms with van der Waals surface area (Å²) in [5.74, 6) is 0. The summed E-state index contributed by atoms with van der Waals surface area (Å²) in [5, 5.41) is 0. The monoisotopic (exact) mass is 128 g/mol. The number of fused-ring (bicyclic) bond motifs is 1. The van der Waals surface area contributed by atoms with Crippen molar-refractivity contribution in [2.75, 3.05) is 0 Å². The second-order valence-corrected chi connectivity index (χ2v) is 2.42. The van der Waals surface area contributed by atoms with Crippen LogP contribution < -0.4 is 0 Å². The van der Waals surface area contributed by atoms with Crippen LogP contribution in [0, 0.1) is 0 Å². The van der Waals surface area contributed by atoms with Gasteiger partial charge >= 0.3 is 0 Å². The maximum absolute atomic E-state index is 3.09. The fourth-order valence-electron chi connectivity index (χ4n) is 1.18. The summed E-state index contributed by atoms with van der Waals surface area (Å²) in [5.41, 5.74) is 5.81. The van der Waals surface area contributed by atoms with E-state index in [-0.39, 0.29) is 0 Å². The first-order valence-electron chi connectivity index (χ1n) is 3.46. The van der Waals surface area contributed by atoms with Crippen molar-refractivity contribution in [3.05, 3.63) is 47.2 Å². The predicted molar refractivity (Wildman–Crippen MR) is 42.7 cm³/mol. The Kier molecular flexibility index (Phi) is 1.20. The number of allylic oxidation sites excluding steroid dienone is 1. The molecule has 48 valence electrons. The Bertz CT molecular complexity index is 302. The molecule has 0 aliphatic heterocycles. The Morgan fingerprint density at radius 2 is 2.10 bits per heavy atom. The van der Waals surface area contributed by atoms with Crippen LogP contribution in [0.3, 0.4) is 0 Å². The molecule has 10 heavy (non-hydrogen) atoms. The summed E-state index contributed by atoms with van der Waals surface area (Å²) in [6.07, 6.45) is 5.12. The van der Waals surface area contributed by atoms with Gasteiger partial charge in [-0.15, -0.1) is 5.73 Å². The largest absolute Gasteiger partial charge is 0.124 e. The molecular weight excluding hydrogens is 120 g/mol. The molecule has 0 N–H and O–H groups in total. The SMILES string of the molecule is C1=CCc2ccccc2C=1. The van der Waals surface area contributed by atoms with Gasteiger partial charge in [0.15, 0.2) is 0 Å². The molecule has 0 nitrogen and oxygen atoms in total. The summed E-state index contributed by atoms with van der Waals surface area (Å²) in [6.45, 7) is 0. The lowest BCUT2D eigenvalue weighted by Crippen LogP contribution is -1.87. The van der Waals surface area contributed by atoms with Gasteiger partial charge in [0.2, 0.25) is 0 Å². The fourth-order valence-corrected chi connectivity index (χ4v) is 1.18. The van der Waals surface area contributed by atoms with Crippen LogP contribution in [0.1, 0.15) is 11.1 Å². The first-order chi connectivity index (χ1) is 4.97. The highest BCUT2D eigenvalue weighted by atomic mass is 14.0. The van der Waals surface area contributed by atoms with Gasteiger partial charge in [-0.1, -0.05) is 24.3 Å². The third kappa shape index (κ3) is 0.792. The summed E-state index contributed by atoms with van der Waals surface area (Å²) in [4.78, 5) is 0. The first-order valence-corrected chi connectivity index (χ1v) is 3.46. The Labute approximate surface area is 60.5 Å². The summed E-state index contributed by atoms with van der Waals surface area (Å²) in [6, 6.07) is 8.41. The average Bonchev–Trinajstić information content (AvgIpc) is 2.05. The van der Waals surface area contributed by atoms with Crippen molar-refractivity contribution in [1.82, 2.24) is 0 Å². The minimum Gasteiger partial charge on any atom is -0.124 e. The fraction of sp³-hybridized carbons (Fsp3) is 0.100. The second-order valence-electron chi connectivity index (χ2n) is 2.42. The minimum absolute atomic E-state index is 1.03. The van der Waals surface area contributed by atoms with Gasteiger partial charge < -0.3 is 0 Å². The van der Waals surface area contributed by atoms with E-state index >= 15 is 0 Å². The van der Waals surface area contributed by atoms with E-state index in [0.29, 0.717) is 0 Å². The van der Waals surface area contributed by atoms with Crippen molar-refractivity contribution >= 4 is 6.08 Å². The van der Waals surface area contributed by atoms with E-state index in [1.54, 1.807) is 0 Å². The van der Waals surface area contributed by atoms with Crippen molar-refractivity contribution < 1.29 is 0 Å². The minimum atomic E-state index is 1.03. The van der Waals surface area contributed by atoms with Crippen LogP contribution in [0.15, 0.2) is 36.1 Å². The lowest BCUT2D eigenvalue weighted by molar-refractivity contribution is 1.25. The van der Waals surface area contributed by atoms with Crippen molar-refractivity contribution in [2.24, 2.45) is 0 Å². The van der Waals surface area contributed by atoms with Crippen molar-refractivity contribution in [1.29, 1.82) is 0 Å². The second kappa shape index (κ2) is 2.17. The van der Waals surface area contributed by atoms with Crippen LogP contribution >= 0.6 is 0 Å². The summed E-state index contributed by atoms with van der Waals surface area (Å²) in [7, 11) is 0. The molecule has 2 rings (SSSR count). The standard InChI is InChI=1S/C10H8/c1-2-6-10-8-4-3-7-9(10)5-1/h1-3,5-6,8H,7H2. The Morgan fingerprint density at radius 1 is 1.20 bits per heavy atom. The van der Waals surface area contributed by atoms with Gasteiger partial charge in [-0.05, 0) is 29.7 Å². The average molecular weight is 128 g/mol. The smallest absolute Gasteiger partial charge is 0.00151 e. The predicted octanol–water partition coefficient (Wildman–Crippen LogP) is 2.41. The molecule has 0 radical (unpaired) electrons. The maximum atomic E-state index is 3.09. The number of benzene rings is 1. The number of hydrogen-bond acceptors (Lipinski definition) is 0. The van der Waals surface area contributed by atoms with E-state index in [1.807, 2.05) is 6.08 Å². The molecule has 0 heteroatoms. The van der Waals surface area contributed by atoms with Crippen LogP contribution in [0.25, 0.3) is 6.08 Å². The zero-order valence-electron chi connectivity index (χ0n) is 5.67. The Morgan fingerprint density at radius 3 is 3.00 bits per heavy atom. The molecule has 0 unspecified atom stereocenters. The maximum Gasteiger partial charge on any atom is -0.00151 e. The molecule has 0 saturated heterocycles. The topological polar surface area (TPSA) is 0 Å². The van der Waals surface area contributed by atoms with Crippen LogP contribution in [-0.4, -0.2) is 0 Å². The van der Waals surface area contributed by atoms with E-state index in [0.717, 1.165) is 6.42 Å². The normalized spacial score (nSPS) is 13.2. The molecule has 0 spiro atoms. The third-order valence-corrected chi connectivity index (χ3v) is 1.73. The number of hydrogen-bond donors (Lipinski definition) is 0. The quantitative estimate of drug-likeness (QED) is 0.471. The molecule has 0 atom stereocenters. The van der Waals surface area contributed by atoms with Gasteiger partial charge in [0.25, 0.3) is 0 Å². The molecule has 1 aromatic carbocycles. The molecule has 0 heterocycles. The highest BCUT2D eigenvalue weighted by Crippen LogP contribution is 2.13. The van der Waals surface area contributed by atoms with Crippen molar-refractivity contribution in [2.45, 2.75) is 6.42 Å². The van der Waals surface area contributed by atoms with Gasteiger partial charge in [0.1, 0.15) is 0 Å². The van der Waals surface area contributed by atoms with Gasteiger partial charge in [0, 0.05) is 0 Å². The molecule has 0 bridgehead atoms. The molecule has 0 aromatic heterocycles. The molecule has 0 amide bonds. The first kappa shape index (κ1) is 5.52. The van der Waals surface area contributed by atoms with E-state index < -0.39 is 0 Å². The van der Waals surface area contributed by atoms with Crippen LogP contribution in [0.5, 0.6) is 0 Å². The summed E-state index contributed by atoms with van der Waals surface area (Å²) < 4.78 is 0. The third-order valence-electron chi connectivity index (χ3n) is 1.73. The zero-order chi connectivity index (χ0) is 6.81. The highest BCUT2D eigenvalue weighted by Gasteiger charge is 1.97. The van der Waals surface area contributed by atoms with E-state index in [2.05, 4.69) is 36.1 Å². The Balaban J connectivity index is 2.63. The van der Waals surface area contributed by atoms with E-state index in [1.165, 1.54) is 11.1 Å². The zero-order valence-corrected chi connectivity index (χ0v) is 5.67. The van der Waals surface area contributed by atoms with Crippen LogP contribution in [-0.2, 0) is 6.42 Å². The molecule has 0 fully saturated rings. The molecule has 1 aromatic rings. The van der Waals surface area contributed by atoms with Gasteiger partial charge in [-0.3, -0.25) is 0 Å². The molecule has 1 aliphatic carbocycles. The lowest BCUT2D eigenvalue weighted by atomic mass is 10.0. The van der Waals surface area contributed by atoms with Crippen LogP contribution in [0.4, 0.5) is 0 Å². The molecule has 1 aliphatic rings. The van der Waals surface area contributed by atoms with Gasteiger partial charge in [-0.25, -0.2) is 0 Å².